The SMILES string of the molecule is COc1ccc(C(Oc2ccc(-c3ccc(OS(=O)(=O)F)cc3)cc2)Oc2ccc(-c3ccc(OS(=O)(=O)F)cc3)cc2)cc1. The molecule has 0 radical (unpaired) electrons. The molecule has 5 aromatic carbocycles. The van der Waals surface area contributed by atoms with Crippen LogP contribution in [-0.2, 0) is 21.0 Å². The number of rotatable bonds is 12. The largest absolute Gasteiger partial charge is 0.497 e. The molecule has 0 aliphatic carbocycles. The third kappa shape index (κ3) is 8.94. The van der Waals surface area contributed by atoms with Crippen LogP contribution in [0.15, 0.2) is 121 Å². The zero-order chi connectivity index (χ0) is 32.0. The predicted octanol–water partition coefficient (Wildman–Crippen LogP) is 7.37. The van der Waals surface area contributed by atoms with E-state index in [1.54, 1.807) is 92.0 Å². The van der Waals surface area contributed by atoms with Crippen molar-refractivity contribution >= 4 is 21.0 Å². The highest BCUT2D eigenvalue weighted by molar-refractivity contribution is 7.82. The van der Waals surface area contributed by atoms with Crippen LogP contribution in [0, 0.1) is 0 Å². The molecule has 232 valence electrons. The van der Waals surface area contributed by atoms with E-state index in [1.165, 1.54) is 24.3 Å². The van der Waals surface area contributed by atoms with E-state index in [0.29, 0.717) is 22.8 Å². The zero-order valence-corrected chi connectivity index (χ0v) is 25.0. The van der Waals surface area contributed by atoms with Crippen LogP contribution < -0.4 is 22.6 Å². The Bertz CT molecular complexity index is 1830. The van der Waals surface area contributed by atoms with Gasteiger partial charge in [0, 0.05) is 5.56 Å². The van der Waals surface area contributed by atoms with Gasteiger partial charge >= 0.3 is 21.0 Å². The molecule has 0 bridgehead atoms. The molecule has 0 saturated carbocycles. The molecule has 0 spiro atoms. The maximum Gasteiger partial charge on any atom is 0.488 e. The third-order valence-electron chi connectivity index (χ3n) is 6.35. The Balaban J connectivity index is 1.32. The van der Waals surface area contributed by atoms with Crippen LogP contribution in [0.25, 0.3) is 22.3 Å². The highest BCUT2D eigenvalue weighted by Crippen LogP contribution is 2.31. The van der Waals surface area contributed by atoms with Crippen molar-refractivity contribution in [3.8, 4) is 51.0 Å². The van der Waals surface area contributed by atoms with E-state index in [0.717, 1.165) is 22.3 Å². The van der Waals surface area contributed by atoms with Crippen LogP contribution in [-0.4, -0.2) is 23.9 Å². The van der Waals surface area contributed by atoms with Crippen LogP contribution in [0.3, 0.4) is 0 Å². The van der Waals surface area contributed by atoms with Crippen molar-refractivity contribution in [3.63, 3.8) is 0 Å². The fourth-order valence-corrected chi connectivity index (χ4v) is 4.94. The predicted molar refractivity (Wildman–Crippen MR) is 162 cm³/mol. The Morgan fingerprint density at radius 3 is 1.02 bits per heavy atom. The molecule has 13 heteroatoms. The van der Waals surface area contributed by atoms with Gasteiger partial charge in [-0.15, -0.1) is 0 Å². The second-order valence-electron chi connectivity index (χ2n) is 9.39. The molecule has 0 saturated heterocycles. The molecular weight excluding hydrogens is 630 g/mol. The minimum absolute atomic E-state index is 0.146. The summed E-state index contributed by atoms with van der Waals surface area (Å²) < 4.78 is 94.6. The number of hydrogen-bond acceptors (Lipinski definition) is 9. The smallest absolute Gasteiger partial charge is 0.488 e. The lowest BCUT2D eigenvalue weighted by atomic mass is 10.1. The lowest BCUT2D eigenvalue weighted by Crippen LogP contribution is -2.15. The first-order chi connectivity index (χ1) is 21.4. The van der Waals surface area contributed by atoms with Crippen molar-refractivity contribution in [1.82, 2.24) is 0 Å². The first-order valence-electron chi connectivity index (χ1n) is 13.1. The minimum Gasteiger partial charge on any atom is -0.497 e. The second-order valence-corrected chi connectivity index (χ2v) is 11.3. The van der Waals surface area contributed by atoms with Gasteiger partial charge in [-0.05, 0) is 95.1 Å². The standard InChI is InChI=1S/C32H24F2O9S2/c1-39-27-12-10-26(11-13-27)32(40-28-14-2-22(3-15-28)24-6-18-30(19-7-24)42-44(33,35)36)41-29-16-4-23(5-17-29)25-8-20-31(21-9-25)43-45(34,37)38/h2-21,32H,1H3. The van der Waals surface area contributed by atoms with Gasteiger partial charge in [0.2, 0.25) is 0 Å². The fourth-order valence-electron chi connectivity index (χ4n) is 4.26. The molecule has 0 unspecified atom stereocenters. The van der Waals surface area contributed by atoms with Gasteiger partial charge in [0.05, 0.1) is 7.11 Å². The molecule has 0 fully saturated rings. The Labute approximate surface area is 259 Å². The maximum absolute atomic E-state index is 12.8. The molecule has 5 rings (SSSR count). The first-order valence-corrected chi connectivity index (χ1v) is 15.7. The molecule has 0 amide bonds. The van der Waals surface area contributed by atoms with Crippen molar-refractivity contribution in [3.05, 3.63) is 127 Å². The summed E-state index contributed by atoms with van der Waals surface area (Å²) in [6.07, 6.45) is -0.856. The molecular formula is C32H24F2O9S2. The summed E-state index contributed by atoms with van der Waals surface area (Å²) in [6, 6.07) is 33.2. The highest BCUT2D eigenvalue weighted by Gasteiger charge is 2.17. The first kappa shape index (κ1) is 31.3. The van der Waals surface area contributed by atoms with E-state index in [9.17, 15) is 24.6 Å². The molecule has 5 aromatic rings. The molecule has 0 heterocycles. The normalized spacial score (nSPS) is 11.6. The Hall–Kier alpha value is -5.14. The van der Waals surface area contributed by atoms with Crippen molar-refractivity contribution in [2.75, 3.05) is 7.11 Å². The lowest BCUT2D eigenvalue weighted by molar-refractivity contribution is 0.00380. The van der Waals surface area contributed by atoms with Gasteiger partial charge in [0.25, 0.3) is 6.29 Å². The number of halogens is 2. The topological polar surface area (TPSA) is 114 Å². The quantitative estimate of drug-likeness (QED) is 0.100. The van der Waals surface area contributed by atoms with E-state index in [1.807, 2.05) is 12.1 Å². The van der Waals surface area contributed by atoms with Gasteiger partial charge in [-0.2, -0.15) is 16.8 Å². The minimum atomic E-state index is -5.11. The van der Waals surface area contributed by atoms with E-state index in [2.05, 4.69) is 8.37 Å². The van der Waals surface area contributed by atoms with E-state index in [-0.39, 0.29) is 11.5 Å². The van der Waals surface area contributed by atoms with Gasteiger partial charge in [-0.3, -0.25) is 0 Å². The van der Waals surface area contributed by atoms with Crippen molar-refractivity contribution < 1.29 is 47.2 Å². The average molecular weight is 655 g/mol. The number of methoxy groups -OCH3 is 1. The summed E-state index contributed by atoms with van der Waals surface area (Å²) in [7, 11) is -8.65. The Kier molecular flexibility index (Phi) is 9.21. The molecule has 0 atom stereocenters. The third-order valence-corrected chi connectivity index (χ3v) is 7.13. The van der Waals surface area contributed by atoms with Gasteiger partial charge in [0.15, 0.2) is 0 Å². The molecule has 45 heavy (non-hydrogen) atoms. The van der Waals surface area contributed by atoms with Crippen LogP contribution in [0.5, 0.6) is 28.7 Å². The number of hydrogen-bond donors (Lipinski definition) is 0. The van der Waals surface area contributed by atoms with Crippen LogP contribution in [0.1, 0.15) is 11.9 Å². The molecule has 0 N–H and O–H groups in total. The molecule has 0 aromatic heterocycles. The Morgan fingerprint density at radius 1 is 0.444 bits per heavy atom. The average Bonchev–Trinajstić information content (AvgIpc) is 3.01. The summed E-state index contributed by atoms with van der Waals surface area (Å²) >= 11 is 0. The summed E-state index contributed by atoms with van der Waals surface area (Å²) in [5.41, 5.74) is 3.77. The van der Waals surface area contributed by atoms with E-state index < -0.39 is 27.3 Å². The monoisotopic (exact) mass is 654 g/mol. The second kappa shape index (κ2) is 13.2. The number of ether oxygens (including phenoxy) is 3. The van der Waals surface area contributed by atoms with Crippen LogP contribution in [0.2, 0.25) is 0 Å². The maximum atomic E-state index is 12.8. The molecule has 0 aliphatic heterocycles. The zero-order valence-electron chi connectivity index (χ0n) is 23.4. The van der Waals surface area contributed by atoms with E-state index >= 15 is 0 Å². The van der Waals surface area contributed by atoms with Crippen molar-refractivity contribution in [2.45, 2.75) is 6.29 Å². The van der Waals surface area contributed by atoms with Gasteiger partial charge in [0.1, 0.15) is 28.7 Å². The van der Waals surface area contributed by atoms with Crippen molar-refractivity contribution in [1.29, 1.82) is 0 Å². The fraction of sp³-hybridized carbons (Fsp3) is 0.0625. The van der Waals surface area contributed by atoms with Crippen molar-refractivity contribution in [2.24, 2.45) is 0 Å². The highest BCUT2D eigenvalue weighted by atomic mass is 32.3. The van der Waals surface area contributed by atoms with Gasteiger partial charge < -0.3 is 22.6 Å². The van der Waals surface area contributed by atoms with E-state index in [4.69, 9.17) is 14.2 Å². The Morgan fingerprint density at radius 2 is 0.733 bits per heavy atom. The molecule has 9 nitrogen and oxygen atoms in total. The van der Waals surface area contributed by atoms with Gasteiger partial charge in [-0.1, -0.05) is 56.3 Å². The number of benzene rings is 5. The summed E-state index contributed by atoms with van der Waals surface area (Å²) in [6.45, 7) is 0. The summed E-state index contributed by atoms with van der Waals surface area (Å²) in [5, 5.41) is 0. The van der Waals surface area contributed by atoms with Crippen LogP contribution in [0.4, 0.5) is 7.77 Å². The molecule has 0 aliphatic rings. The van der Waals surface area contributed by atoms with Gasteiger partial charge in [-0.25, -0.2) is 0 Å². The summed E-state index contributed by atoms with van der Waals surface area (Å²) in [4.78, 5) is 0. The lowest BCUT2D eigenvalue weighted by Gasteiger charge is -2.21. The van der Waals surface area contributed by atoms with Crippen LogP contribution >= 0.6 is 0 Å². The summed E-state index contributed by atoms with van der Waals surface area (Å²) in [5.74, 6) is 1.36.